The average Bonchev–Trinajstić information content (AvgIpc) is 2.87. The van der Waals surface area contributed by atoms with Crippen molar-refractivity contribution in [1.82, 2.24) is 5.32 Å². The van der Waals surface area contributed by atoms with Crippen molar-refractivity contribution in [2.24, 2.45) is 5.92 Å². The van der Waals surface area contributed by atoms with Gasteiger partial charge in [0.1, 0.15) is 0 Å². The van der Waals surface area contributed by atoms with Crippen LogP contribution < -0.4 is 11.1 Å². The van der Waals surface area contributed by atoms with E-state index >= 15 is 0 Å². The molecular formula is C13H18N2O4S. The van der Waals surface area contributed by atoms with Gasteiger partial charge in [-0.1, -0.05) is 0 Å². The van der Waals surface area contributed by atoms with Gasteiger partial charge >= 0.3 is 0 Å². The van der Waals surface area contributed by atoms with Crippen LogP contribution in [0.5, 0.6) is 0 Å². The SMILES string of the molecule is CS(=O)(=O)c1cc(N)cc(C(=O)NCC2CCOC2)c1. The fraction of sp³-hybridized carbons (Fsp3) is 0.462. The van der Waals surface area contributed by atoms with Crippen LogP contribution in [0.25, 0.3) is 0 Å². The Morgan fingerprint density at radius 2 is 2.20 bits per heavy atom. The molecule has 1 aromatic carbocycles. The van der Waals surface area contributed by atoms with Gasteiger partial charge in [0.25, 0.3) is 5.91 Å². The number of hydrogen-bond acceptors (Lipinski definition) is 5. The molecule has 1 heterocycles. The van der Waals surface area contributed by atoms with E-state index in [1.165, 1.54) is 18.2 Å². The van der Waals surface area contributed by atoms with Crippen molar-refractivity contribution in [2.45, 2.75) is 11.3 Å². The minimum absolute atomic E-state index is 0.0480. The van der Waals surface area contributed by atoms with Gasteiger partial charge in [-0.2, -0.15) is 0 Å². The molecule has 6 nitrogen and oxygen atoms in total. The van der Waals surface area contributed by atoms with Crippen LogP contribution in [0.15, 0.2) is 23.1 Å². The monoisotopic (exact) mass is 298 g/mol. The maximum Gasteiger partial charge on any atom is 0.251 e. The van der Waals surface area contributed by atoms with Gasteiger partial charge in [0.15, 0.2) is 9.84 Å². The van der Waals surface area contributed by atoms with Crippen molar-refractivity contribution >= 4 is 21.4 Å². The molecular weight excluding hydrogens is 280 g/mol. The summed E-state index contributed by atoms with van der Waals surface area (Å²) in [5, 5.41) is 2.78. The van der Waals surface area contributed by atoms with Gasteiger partial charge in [-0.3, -0.25) is 4.79 Å². The van der Waals surface area contributed by atoms with Gasteiger partial charge in [0.05, 0.1) is 11.5 Å². The Morgan fingerprint density at radius 3 is 2.80 bits per heavy atom. The molecule has 0 spiro atoms. The molecule has 1 saturated heterocycles. The van der Waals surface area contributed by atoms with Crippen LogP contribution >= 0.6 is 0 Å². The molecule has 1 unspecified atom stereocenters. The highest BCUT2D eigenvalue weighted by Crippen LogP contribution is 2.17. The number of hydrogen-bond donors (Lipinski definition) is 2. The summed E-state index contributed by atoms with van der Waals surface area (Å²) in [6.45, 7) is 1.88. The van der Waals surface area contributed by atoms with E-state index in [-0.39, 0.29) is 22.1 Å². The smallest absolute Gasteiger partial charge is 0.251 e. The van der Waals surface area contributed by atoms with Crippen LogP contribution in [0.4, 0.5) is 5.69 Å². The lowest BCUT2D eigenvalue weighted by atomic mass is 10.1. The summed E-state index contributed by atoms with van der Waals surface area (Å²) < 4.78 is 28.3. The third-order valence-corrected chi connectivity index (χ3v) is 4.29. The lowest BCUT2D eigenvalue weighted by Crippen LogP contribution is -2.29. The van der Waals surface area contributed by atoms with Gasteiger partial charge < -0.3 is 15.8 Å². The number of sulfone groups is 1. The Kier molecular flexibility index (Phi) is 4.29. The predicted octanol–water partition coefficient (Wildman–Crippen LogP) is 0.439. The molecule has 3 N–H and O–H groups in total. The van der Waals surface area contributed by atoms with Crippen molar-refractivity contribution < 1.29 is 17.9 Å². The Morgan fingerprint density at radius 1 is 1.45 bits per heavy atom. The first-order valence-electron chi connectivity index (χ1n) is 6.33. The summed E-state index contributed by atoms with van der Waals surface area (Å²) in [7, 11) is -3.39. The van der Waals surface area contributed by atoms with Crippen LogP contribution in [-0.2, 0) is 14.6 Å². The number of amides is 1. The third-order valence-electron chi connectivity index (χ3n) is 3.19. The summed E-state index contributed by atoms with van der Waals surface area (Å²) in [6, 6.07) is 4.15. The molecule has 0 aromatic heterocycles. The zero-order valence-corrected chi connectivity index (χ0v) is 12.1. The summed E-state index contributed by atoms with van der Waals surface area (Å²) in [4.78, 5) is 12.1. The molecule has 0 bridgehead atoms. The molecule has 20 heavy (non-hydrogen) atoms. The molecule has 0 radical (unpaired) electrons. The molecule has 1 fully saturated rings. The maximum atomic E-state index is 12.0. The fourth-order valence-electron chi connectivity index (χ4n) is 2.05. The van der Waals surface area contributed by atoms with E-state index in [9.17, 15) is 13.2 Å². The number of nitrogen functional groups attached to an aromatic ring is 1. The first-order chi connectivity index (χ1) is 9.36. The maximum absolute atomic E-state index is 12.0. The Labute approximate surface area is 118 Å². The molecule has 1 aliphatic heterocycles. The van der Waals surface area contributed by atoms with E-state index in [4.69, 9.17) is 10.5 Å². The molecule has 1 aromatic rings. The number of anilines is 1. The first-order valence-corrected chi connectivity index (χ1v) is 8.22. The van der Waals surface area contributed by atoms with Gasteiger partial charge in [0.2, 0.25) is 0 Å². The van der Waals surface area contributed by atoms with Crippen molar-refractivity contribution in [1.29, 1.82) is 0 Å². The molecule has 110 valence electrons. The second-order valence-electron chi connectivity index (χ2n) is 5.00. The first kappa shape index (κ1) is 14.8. The standard InChI is InChI=1S/C13H18N2O4S/c1-20(17,18)12-5-10(4-11(14)6-12)13(16)15-7-9-2-3-19-8-9/h4-6,9H,2-3,7-8,14H2,1H3,(H,15,16). The molecule has 1 aliphatic rings. The number of carbonyl (C=O) groups excluding carboxylic acids is 1. The van der Waals surface area contributed by atoms with E-state index < -0.39 is 9.84 Å². The van der Waals surface area contributed by atoms with E-state index in [1.807, 2.05) is 0 Å². The summed E-state index contributed by atoms with van der Waals surface area (Å²) >= 11 is 0. The number of carbonyl (C=O) groups is 1. The van der Waals surface area contributed by atoms with Crippen molar-refractivity contribution in [3.05, 3.63) is 23.8 Å². The third kappa shape index (κ3) is 3.71. The van der Waals surface area contributed by atoms with Crippen molar-refractivity contribution in [3.8, 4) is 0 Å². The number of benzene rings is 1. The van der Waals surface area contributed by atoms with Crippen LogP contribution in [0, 0.1) is 5.92 Å². The van der Waals surface area contributed by atoms with Crippen LogP contribution in [0.1, 0.15) is 16.8 Å². The summed E-state index contributed by atoms with van der Waals surface area (Å²) in [5.41, 5.74) is 6.15. The van der Waals surface area contributed by atoms with E-state index in [1.54, 1.807) is 0 Å². The largest absolute Gasteiger partial charge is 0.399 e. The van der Waals surface area contributed by atoms with E-state index in [0.29, 0.717) is 19.1 Å². The molecule has 0 saturated carbocycles. The molecule has 7 heteroatoms. The fourth-order valence-corrected chi connectivity index (χ4v) is 2.74. The van der Waals surface area contributed by atoms with Crippen LogP contribution in [-0.4, -0.2) is 40.3 Å². The van der Waals surface area contributed by atoms with E-state index in [0.717, 1.165) is 19.3 Å². The zero-order chi connectivity index (χ0) is 14.8. The molecule has 2 rings (SSSR count). The second-order valence-corrected chi connectivity index (χ2v) is 7.02. The highest BCUT2D eigenvalue weighted by molar-refractivity contribution is 7.90. The van der Waals surface area contributed by atoms with Crippen LogP contribution in [0.2, 0.25) is 0 Å². The Balaban J connectivity index is 2.11. The number of ether oxygens (including phenoxy) is 1. The zero-order valence-electron chi connectivity index (χ0n) is 11.3. The molecule has 1 atom stereocenters. The Bertz CT molecular complexity index is 607. The predicted molar refractivity (Wildman–Crippen MR) is 75.2 cm³/mol. The van der Waals surface area contributed by atoms with Gasteiger partial charge in [0, 0.05) is 36.6 Å². The molecule has 0 aliphatic carbocycles. The minimum Gasteiger partial charge on any atom is -0.399 e. The quantitative estimate of drug-likeness (QED) is 0.786. The Hall–Kier alpha value is -1.60. The second kappa shape index (κ2) is 5.80. The highest BCUT2D eigenvalue weighted by Gasteiger charge is 2.18. The lowest BCUT2D eigenvalue weighted by molar-refractivity contribution is 0.0945. The lowest BCUT2D eigenvalue weighted by Gasteiger charge is -2.10. The summed E-state index contributed by atoms with van der Waals surface area (Å²) in [5.74, 6) is -0.0107. The number of nitrogens with two attached hydrogens (primary N) is 1. The van der Waals surface area contributed by atoms with Gasteiger partial charge in [-0.15, -0.1) is 0 Å². The van der Waals surface area contributed by atoms with Crippen molar-refractivity contribution in [2.75, 3.05) is 31.7 Å². The van der Waals surface area contributed by atoms with Crippen molar-refractivity contribution in [3.63, 3.8) is 0 Å². The normalized spacial score (nSPS) is 18.9. The minimum atomic E-state index is -3.39. The van der Waals surface area contributed by atoms with E-state index in [2.05, 4.69) is 5.32 Å². The average molecular weight is 298 g/mol. The van der Waals surface area contributed by atoms with Gasteiger partial charge in [-0.25, -0.2) is 8.42 Å². The van der Waals surface area contributed by atoms with Gasteiger partial charge in [-0.05, 0) is 24.6 Å². The number of rotatable bonds is 4. The highest BCUT2D eigenvalue weighted by atomic mass is 32.2. The van der Waals surface area contributed by atoms with Crippen LogP contribution in [0.3, 0.4) is 0 Å². The molecule has 1 amide bonds. The number of nitrogens with one attached hydrogen (secondary N) is 1. The summed E-state index contributed by atoms with van der Waals surface area (Å²) in [6.07, 6.45) is 2.01. The topological polar surface area (TPSA) is 98.5 Å².